The minimum Gasteiger partial charge on any atom is -0.465 e. The molecule has 0 saturated carbocycles. The summed E-state index contributed by atoms with van der Waals surface area (Å²) < 4.78 is 4.97. The number of carbonyl (C=O) groups is 2. The van der Waals surface area contributed by atoms with Crippen molar-refractivity contribution in [2.75, 3.05) is 18.1 Å². The number of ether oxygens (including phenoxy) is 1. The van der Waals surface area contributed by atoms with E-state index in [1.54, 1.807) is 4.90 Å². The third kappa shape index (κ3) is 4.14. The second-order valence-corrected chi connectivity index (χ2v) is 3.92. The second-order valence-electron chi connectivity index (χ2n) is 3.92. The summed E-state index contributed by atoms with van der Waals surface area (Å²) in [5.41, 5.74) is 5.89. The number of primary amides is 1. The topological polar surface area (TPSA) is 113 Å². The van der Waals surface area contributed by atoms with Crippen molar-refractivity contribution in [2.45, 2.75) is 13.0 Å². The number of hydrogen-bond acceptors (Lipinski definition) is 4. The summed E-state index contributed by atoms with van der Waals surface area (Å²) in [5, 5.41) is 16.1. The molecule has 104 valence electrons. The lowest BCUT2D eigenvalue weighted by Gasteiger charge is -2.15. The Morgan fingerprint density at radius 3 is 2.58 bits per heavy atom. The molecule has 2 amide bonds. The van der Waals surface area contributed by atoms with E-state index in [9.17, 15) is 4.79 Å². The minimum atomic E-state index is -1.33. The maximum Gasteiger partial charge on any atom is 0.414 e. The highest BCUT2D eigenvalue weighted by Crippen LogP contribution is 2.24. The monoisotopic (exact) mass is 268 g/mol. The number of carboxylic acid groups (broad SMARTS) is 1. The van der Waals surface area contributed by atoms with Crippen LogP contribution in [0.5, 0.6) is 0 Å². The van der Waals surface area contributed by atoms with E-state index in [0.29, 0.717) is 6.54 Å². The Hall–Kier alpha value is -2.28. The van der Waals surface area contributed by atoms with Gasteiger partial charge in [0.15, 0.2) is 0 Å². The van der Waals surface area contributed by atoms with E-state index in [2.05, 4.69) is 5.73 Å². The van der Waals surface area contributed by atoms with Crippen LogP contribution in [0.25, 0.3) is 0 Å². The van der Waals surface area contributed by atoms with Gasteiger partial charge in [0.1, 0.15) is 6.10 Å². The van der Waals surface area contributed by atoms with Gasteiger partial charge in [0.25, 0.3) is 0 Å². The Labute approximate surface area is 110 Å². The van der Waals surface area contributed by atoms with E-state index in [0.717, 1.165) is 11.3 Å². The maximum atomic E-state index is 11.5. The third-order valence-corrected chi connectivity index (χ3v) is 2.48. The van der Waals surface area contributed by atoms with Gasteiger partial charge in [-0.05, 0) is 18.6 Å². The van der Waals surface area contributed by atoms with Gasteiger partial charge in [-0.1, -0.05) is 18.2 Å². The van der Waals surface area contributed by atoms with E-state index in [-0.39, 0.29) is 12.7 Å². The largest absolute Gasteiger partial charge is 0.465 e. The highest BCUT2D eigenvalue weighted by molar-refractivity contribution is 5.90. The average Bonchev–Trinajstić information content (AvgIpc) is 2.70. The molecule has 1 heterocycles. The molecule has 1 saturated heterocycles. The molecule has 1 atom stereocenters. The van der Waals surface area contributed by atoms with Gasteiger partial charge in [0.2, 0.25) is 0 Å². The van der Waals surface area contributed by atoms with E-state index in [1.807, 2.05) is 31.2 Å². The van der Waals surface area contributed by atoms with Crippen LogP contribution < -0.4 is 10.6 Å². The number of benzene rings is 1. The number of hydrogen-bond donors (Lipinski definition) is 3. The number of rotatable bonds is 2. The summed E-state index contributed by atoms with van der Waals surface area (Å²) in [6, 6.07) is 7.61. The number of carbonyl (C=O) groups excluding carboxylic acids is 1. The molecular formula is C12H16N2O5. The third-order valence-electron chi connectivity index (χ3n) is 2.48. The van der Waals surface area contributed by atoms with Gasteiger partial charge in [0, 0.05) is 0 Å². The Morgan fingerprint density at radius 2 is 2.11 bits per heavy atom. The normalized spacial score (nSPS) is 17.5. The second kappa shape index (κ2) is 6.60. The Kier molecular flexibility index (Phi) is 5.13. The zero-order chi connectivity index (χ0) is 14.4. The van der Waals surface area contributed by atoms with Gasteiger partial charge >= 0.3 is 12.2 Å². The highest BCUT2D eigenvalue weighted by atomic mass is 16.6. The Balaban J connectivity index is 0.000000399. The first-order valence-corrected chi connectivity index (χ1v) is 5.58. The molecule has 1 aliphatic rings. The van der Waals surface area contributed by atoms with E-state index < -0.39 is 12.2 Å². The first-order chi connectivity index (χ1) is 8.95. The number of aryl methyl sites for hydroxylation is 1. The van der Waals surface area contributed by atoms with Gasteiger partial charge in [0.05, 0.1) is 18.8 Å². The standard InChI is InChI=1S/C11H13NO3.CH3NO2/c1-8-4-2-3-5-10(8)12-6-9(7-13)15-11(12)14;2-1(3)4/h2-5,9,13H,6-7H2,1H3;2H2,(H,3,4). The number of anilines is 1. The fraction of sp³-hybridized carbons (Fsp3) is 0.333. The predicted molar refractivity (Wildman–Crippen MR) is 68.1 cm³/mol. The molecule has 0 spiro atoms. The Bertz CT molecular complexity index is 459. The van der Waals surface area contributed by atoms with Crippen LogP contribution in [-0.4, -0.2) is 41.7 Å². The number of para-hydroxylation sites is 1. The lowest BCUT2D eigenvalue weighted by Crippen LogP contribution is -2.25. The maximum absolute atomic E-state index is 11.5. The quantitative estimate of drug-likeness (QED) is 0.738. The van der Waals surface area contributed by atoms with Gasteiger partial charge in [-0.2, -0.15) is 0 Å². The van der Waals surface area contributed by atoms with Crippen LogP contribution in [0.3, 0.4) is 0 Å². The van der Waals surface area contributed by atoms with Crippen LogP contribution in [-0.2, 0) is 4.74 Å². The molecule has 0 radical (unpaired) electrons. The summed E-state index contributed by atoms with van der Waals surface area (Å²) >= 11 is 0. The SMILES string of the molecule is Cc1ccccc1N1CC(CO)OC1=O.NC(=O)O. The lowest BCUT2D eigenvalue weighted by atomic mass is 10.2. The summed E-state index contributed by atoms with van der Waals surface area (Å²) in [4.78, 5) is 21.8. The van der Waals surface area contributed by atoms with E-state index in [1.165, 1.54) is 0 Å². The molecule has 1 aromatic carbocycles. The average molecular weight is 268 g/mol. The number of cyclic esters (lactones) is 1. The molecule has 7 nitrogen and oxygen atoms in total. The molecule has 7 heteroatoms. The summed E-state index contributed by atoms with van der Waals surface area (Å²) in [5.74, 6) is 0. The van der Waals surface area contributed by atoms with Gasteiger partial charge in [-0.15, -0.1) is 0 Å². The van der Waals surface area contributed by atoms with Crippen molar-refractivity contribution in [2.24, 2.45) is 5.73 Å². The highest BCUT2D eigenvalue weighted by Gasteiger charge is 2.32. The Morgan fingerprint density at radius 1 is 1.53 bits per heavy atom. The molecule has 1 aliphatic heterocycles. The fourth-order valence-electron chi connectivity index (χ4n) is 1.68. The molecule has 2 rings (SSSR count). The van der Waals surface area contributed by atoms with Gasteiger partial charge in [-0.25, -0.2) is 9.59 Å². The van der Waals surface area contributed by atoms with Crippen molar-refractivity contribution in [3.05, 3.63) is 29.8 Å². The van der Waals surface area contributed by atoms with Crippen LogP contribution >= 0.6 is 0 Å². The zero-order valence-electron chi connectivity index (χ0n) is 10.4. The van der Waals surface area contributed by atoms with Crippen LogP contribution in [0.15, 0.2) is 24.3 Å². The molecule has 1 fully saturated rings. The van der Waals surface area contributed by atoms with Crippen molar-refractivity contribution in [3.63, 3.8) is 0 Å². The summed E-state index contributed by atoms with van der Waals surface area (Å²) in [6.07, 6.45) is -2.12. The molecule has 1 aromatic rings. The van der Waals surface area contributed by atoms with Crippen LogP contribution in [0.2, 0.25) is 0 Å². The molecular weight excluding hydrogens is 252 g/mol. The first-order valence-electron chi connectivity index (χ1n) is 5.58. The number of aliphatic hydroxyl groups excluding tert-OH is 1. The molecule has 0 bridgehead atoms. The molecule has 0 aromatic heterocycles. The van der Waals surface area contributed by atoms with Gasteiger partial charge < -0.3 is 20.7 Å². The minimum absolute atomic E-state index is 0.131. The molecule has 1 unspecified atom stereocenters. The van der Waals surface area contributed by atoms with Crippen molar-refractivity contribution < 1.29 is 24.5 Å². The number of aliphatic hydroxyl groups is 1. The molecule has 19 heavy (non-hydrogen) atoms. The van der Waals surface area contributed by atoms with Crippen molar-refractivity contribution in [1.29, 1.82) is 0 Å². The summed E-state index contributed by atoms with van der Waals surface area (Å²) in [7, 11) is 0. The van der Waals surface area contributed by atoms with Crippen molar-refractivity contribution in [1.82, 2.24) is 0 Å². The van der Waals surface area contributed by atoms with Crippen LogP contribution in [0.1, 0.15) is 5.56 Å². The van der Waals surface area contributed by atoms with E-state index >= 15 is 0 Å². The van der Waals surface area contributed by atoms with Crippen molar-refractivity contribution >= 4 is 17.9 Å². The smallest absolute Gasteiger partial charge is 0.414 e. The van der Waals surface area contributed by atoms with E-state index in [4.69, 9.17) is 19.7 Å². The molecule has 0 aliphatic carbocycles. The first kappa shape index (κ1) is 14.8. The van der Waals surface area contributed by atoms with Gasteiger partial charge in [-0.3, -0.25) is 4.90 Å². The van der Waals surface area contributed by atoms with Crippen LogP contribution in [0.4, 0.5) is 15.3 Å². The number of nitrogens with two attached hydrogens (primary N) is 1. The molecule has 4 N–H and O–H groups in total. The lowest BCUT2D eigenvalue weighted by molar-refractivity contribution is 0.0963. The number of amides is 2. The zero-order valence-corrected chi connectivity index (χ0v) is 10.4. The summed E-state index contributed by atoms with van der Waals surface area (Å²) in [6.45, 7) is 2.23. The van der Waals surface area contributed by atoms with Crippen LogP contribution in [0, 0.1) is 6.92 Å². The predicted octanol–water partition coefficient (Wildman–Crippen LogP) is 0.936. The van der Waals surface area contributed by atoms with Crippen molar-refractivity contribution in [3.8, 4) is 0 Å². The number of nitrogens with zero attached hydrogens (tertiary/aromatic N) is 1. The fourth-order valence-corrected chi connectivity index (χ4v) is 1.68.